The van der Waals surface area contributed by atoms with E-state index in [1.807, 2.05) is 54.7 Å². The first-order valence-corrected chi connectivity index (χ1v) is 12.9. The van der Waals surface area contributed by atoms with Gasteiger partial charge < -0.3 is 37.1 Å². The molecule has 2 amide bonds. The van der Waals surface area contributed by atoms with Crippen molar-refractivity contribution in [1.29, 1.82) is 0 Å². The van der Waals surface area contributed by atoms with Gasteiger partial charge in [0, 0.05) is 42.7 Å². The van der Waals surface area contributed by atoms with Crippen LogP contribution in [-0.2, 0) is 6.54 Å². The summed E-state index contributed by atoms with van der Waals surface area (Å²) in [5, 5.41) is 9.84. The molecular weight excluding hydrogens is 480 g/mol. The highest BCUT2D eigenvalue weighted by Crippen LogP contribution is 2.29. The Balaban J connectivity index is 1.35. The second-order valence-electron chi connectivity index (χ2n) is 9.62. The number of aliphatic imine (C=N–C) groups is 1. The predicted octanol–water partition coefficient (Wildman–Crippen LogP) is 2.15. The van der Waals surface area contributed by atoms with Crippen molar-refractivity contribution in [2.24, 2.45) is 16.5 Å². The second kappa shape index (κ2) is 13.0. The molecule has 2 aliphatic heterocycles. The molecular formula is C28H38N8O2. The molecule has 0 aromatic heterocycles. The minimum absolute atomic E-state index is 0.120. The highest BCUT2D eigenvalue weighted by Gasteiger charge is 2.31. The van der Waals surface area contributed by atoms with Crippen molar-refractivity contribution in [1.82, 2.24) is 20.9 Å². The number of anilines is 1. The molecule has 0 saturated carbocycles. The van der Waals surface area contributed by atoms with Crippen LogP contribution >= 0.6 is 0 Å². The summed E-state index contributed by atoms with van der Waals surface area (Å²) in [5.41, 5.74) is 15.6. The number of ether oxygens (including phenoxy) is 1. The Morgan fingerprint density at radius 1 is 1.13 bits per heavy atom. The quantitative estimate of drug-likeness (QED) is 0.156. The molecule has 4 rings (SSSR count). The molecule has 0 fully saturated rings. The minimum atomic E-state index is -0.263. The summed E-state index contributed by atoms with van der Waals surface area (Å²) in [5.74, 6) is 0.955. The fraction of sp³-hybridized carbons (Fsp3) is 0.357. The summed E-state index contributed by atoms with van der Waals surface area (Å²) >= 11 is 0. The number of nitrogens with zero attached hydrogens (tertiary/aromatic N) is 3. The molecule has 0 radical (unpaired) electrons. The van der Waals surface area contributed by atoms with Crippen LogP contribution in [0.25, 0.3) is 5.70 Å². The van der Waals surface area contributed by atoms with E-state index in [0.717, 1.165) is 66.3 Å². The Morgan fingerprint density at radius 3 is 2.71 bits per heavy atom. The molecule has 7 N–H and O–H groups in total. The maximum atomic E-state index is 12.9. The van der Waals surface area contributed by atoms with Crippen molar-refractivity contribution in [3.8, 4) is 5.75 Å². The molecule has 202 valence electrons. The summed E-state index contributed by atoms with van der Waals surface area (Å²) in [7, 11) is 4.11. The maximum absolute atomic E-state index is 12.9. The third-order valence-electron chi connectivity index (χ3n) is 6.22. The van der Waals surface area contributed by atoms with Crippen LogP contribution in [0.4, 0.5) is 10.5 Å². The predicted molar refractivity (Wildman–Crippen MR) is 153 cm³/mol. The van der Waals surface area contributed by atoms with E-state index in [9.17, 15) is 4.79 Å². The van der Waals surface area contributed by atoms with Gasteiger partial charge in [-0.25, -0.2) is 4.79 Å². The van der Waals surface area contributed by atoms with Gasteiger partial charge in [-0.05, 0) is 69.4 Å². The van der Waals surface area contributed by atoms with Crippen molar-refractivity contribution in [3.63, 3.8) is 0 Å². The van der Waals surface area contributed by atoms with E-state index in [0.29, 0.717) is 13.2 Å². The first kappa shape index (κ1) is 27.0. The number of urea groups is 1. The Hall–Kier alpha value is -4.02. The molecule has 10 heteroatoms. The Morgan fingerprint density at radius 2 is 1.95 bits per heavy atom. The molecule has 10 nitrogen and oxygen atoms in total. The first-order chi connectivity index (χ1) is 18.4. The summed E-state index contributed by atoms with van der Waals surface area (Å²) in [6.45, 7) is 3.80. The van der Waals surface area contributed by atoms with Crippen LogP contribution in [0.5, 0.6) is 5.75 Å². The van der Waals surface area contributed by atoms with Crippen molar-refractivity contribution in [2.45, 2.75) is 25.6 Å². The Kier molecular flexibility index (Phi) is 9.23. The van der Waals surface area contributed by atoms with Crippen LogP contribution in [0.2, 0.25) is 0 Å². The van der Waals surface area contributed by atoms with Gasteiger partial charge in [-0.15, -0.1) is 0 Å². The average Bonchev–Trinajstić information content (AvgIpc) is 3.31. The molecule has 2 heterocycles. The van der Waals surface area contributed by atoms with Gasteiger partial charge >= 0.3 is 6.03 Å². The molecule has 0 spiro atoms. The molecule has 2 aromatic carbocycles. The molecule has 0 saturated heterocycles. The lowest BCUT2D eigenvalue weighted by Gasteiger charge is -2.29. The number of hydrogen-bond acceptors (Lipinski definition) is 6. The first-order valence-electron chi connectivity index (χ1n) is 12.9. The molecule has 2 aromatic rings. The highest BCUT2D eigenvalue weighted by molar-refractivity contribution is 5.96. The number of carbonyl (C=O) groups is 1. The summed E-state index contributed by atoms with van der Waals surface area (Å²) in [4.78, 5) is 20.6. The number of nitrogens with one attached hydrogen (secondary N) is 3. The van der Waals surface area contributed by atoms with Gasteiger partial charge in [0.1, 0.15) is 11.9 Å². The summed E-state index contributed by atoms with van der Waals surface area (Å²) < 4.78 is 5.93. The van der Waals surface area contributed by atoms with E-state index in [-0.39, 0.29) is 18.2 Å². The fourth-order valence-electron chi connectivity index (χ4n) is 4.26. The van der Waals surface area contributed by atoms with Gasteiger partial charge in [-0.1, -0.05) is 24.3 Å². The highest BCUT2D eigenvalue weighted by atomic mass is 16.5. The van der Waals surface area contributed by atoms with Gasteiger partial charge in [0.05, 0.1) is 12.3 Å². The fourth-order valence-corrected chi connectivity index (χ4v) is 4.26. The zero-order chi connectivity index (χ0) is 26.9. The molecule has 1 atom stereocenters. The van der Waals surface area contributed by atoms with Crippen molar-refractivity contribution in [2.75, 3.05) is 45.2 Å². The van der Waals surface area contributed by atoms with E-state index in [4.69, 9.17) is 16.2 Å². The van der Waals surface area contributed by atoms with E-state index in [1.54, 1.807) is 4.90 Å². The van der Waals surface area contributed by atoms with Crippen molar-refractivity contribution < 1.29 is 9.53 Å². The Bertz CT molecular complexity index is 1190. The van der Waals surface area contributed by atoms with E-state index >= 15 is 0 Å². The number of carbonyl (C=O) groups excluding carboxylic acids is 1. The topological polar surface area (TPSA) is 133 Å². The standard InChI is InChI=1S/C28H38N8O2/c1-35(2)14-5-15-38-24-7-3-6-21(16-24)25-17-22-19-36(28(37)34-26(22)33-25)23-10-8-20(9-11-23)18-31-12-4-13-32-27(29)30/h3,6-11,16-17,19,26,31,33H,4-5,12-15,18H2,1-2H3,(H,34,37)(H4,29,30,32). The number of hydrogen-bond donors (Lipinski definition) is 5. The second-order valence-corrected chi connectivity index (χ2v) is 9.62. The van der Waals surface area contributed by atoms with Gasteiger partial charge in [-0.2, -0.15) is 0 Å². The largest absolute Gasteiger partial charge is 0.494 e. The Labute approximate surface area is 224 Å². The van der Waals surface area contributed by atoms with Crippen LogP contribution in [-0.4, -0.2) is 63.4 Å². The van der Waals surface area contributed by atoms with Gasteiger partial charge in [0.2, 0.25) is 0 Å². The summed E-state index contributed by atoms with van der Waals surface area (Å²) in [6, 6.07) is 15.8. The molecule has 2 aliphatic rings. The number of amides is 2. The lowest BCUT2D eigenvalue weighted by Crippen LogP contribution is -2.51. The van der Waals surface area contributed by atoms with E-state index in [2.05, 4.69) is 46.0 Å². The number of fused-ring (bicyclic) bond motifs is 1. The zero-order valence-electron chi connectivity index (χ0n) is 22.1. The average molecular weight is 519 g/mol. The maximum Gasteiger partial charge on any atom is 0.327 e. The monoisotopic (exact) mass is 518 g/mol. The lowest BCUT2D eigenvalue weighted by atomic mass is 10.1. The lowest BCUT2D eigenvalue weighted by molar-refractivity contribution is 0.244. The van der Waals surface area contributed by atoms with Crippen LogP contribution in [0.15, 0.2) is 71.4 Å². The smallest absolute Gasteiger partial charge is 0.327 e. The summed E-state index contributed by atoms with van der Waals surface area (Å²) in [6.07, 6.45) is 5.52. The molecule has 1 unspecified atom stereocenters. The van der Waals surface area contributed by atoms with E-state index < -0.39 is 0 Å². The van der Waals surface area contributed by atoms with Crippen LogP contribution in [0, 0.1) is 0 Å². The third kappa shape index (κ3) is 7.50. The van der Waals surface area contributed by atoms with Crippen LogP contribution in [0.3, 0.4) is 0 Å². The van der Waals surface area contributed by atoms with Crippen LogP contribution in [0.1, 0.15) is 24.0 Å². The van der Waals surface area contributed by atoms with Gasteiger partial charge in [-0.3, -0.25) is 9.89 Å². The molecule has 0 bridgehead atoms. The number of guanidine groups is 1. The molecule has 0 aliphatic carbocycles. The SMILES string of the molecule is CN(C)CCCOc1cccc(C2=CC3=CN(c4ccc(CNCCCN=C(N)N)cc4)C(=O)NC3N2)c1. The molecule has 38 heavy (non-hydrogen) atoms. The van der Waals surface area contributed by atoms with Crippen molar-refractivity contribution in [3.05, 3.63) is 77.5 Å². The third-order valence-corrected chi connectivity index (χ3v) is 6.22. The van der Waals surface area contributed by atoms with Crippen molar-refractivity contribution >= 4 is 23.4 Å². The van der Waals surface area contributed by atoms with Gasteiger partial charge in [0.25, 0.3) is 0 Å². The number of rotatable bonds is 13. The van der Waals surface area contributed by atoms with E-state index in [1.165, 1.54) is 0 Å². The zero-order valence-corrected chi connectivity index (χ0v) is 22.1. The number of benzene rings is 2. The minimum Gasteiger partial charge on any atom is -0.494 e. The normalized spacial score (nSPS) is 16.3. The van der Waals surface area contributed by atoms with Crippen LogP contribution < -0.4 is 37.1 Å². The number of nitrogens with two attached hydrogens (primary N) is 2. The van der Waals surface area contributed by atoms with Gasteiger partial charge in [0.15, 0.2) is 5.96 Å².